The van der Waals surface area contributed by atoms with Crippen LogP contribution < -0.4 is 11.1 Å². The average Bonchev–Trinajstić information content (AvgIpc) is 2.27. The highest BCUT2D eigenvalue weighted by atomic mass is 32.1. The summed E-state index contributed by atoms with van der Waals surface area (Å²) in [6, 6.07) is 10.2. The lowest BCUT2D eigenvalue weighted by molar-refractivity contribution is 0.184. The van der Waals surface area contributed by atoms with E-state index in [0.717, 1.165) is 12.8 Å². The van der Waals surface area contributed by atoms with Crippen LogP contribution in [0.4, 0.5) is 0 Å². The topological polar surface area (TPSA) is 47.3 Å². The van der Waals surface area contributed by atoms with Crippen LogP contribution in [0, 0.1) is 0 Å². The molecule has 0 heterocycles. The Morgan fingerprint density at radius 1 is 1.47 bits per heavy atom. The second-order valence-electron chi connectivity index (χ2n) is 3.22. The van der Waals surface area contributed by atoms with Gasteiger partial charge in [0.25, 0.3) is 5.17 Å². The van der Waals surface area contributed by atoms with Gasteiger partial charge in [0.15, 0.2) is 6.23 Å². The molecule has 0 aliphatic carbocycles. The number of aryl methyl sites for hydroxylation is 1. The van der Waals surface area contributed by atoms with Gasteiger partial charge in [-0.25, -0.2) is 0 Å². The highest BCUT2D eigenvalue weighted by Gasteiger charge is 2.05. The molecule has 0 radical (unpaired) electrons. The lowest BCUT2D eigenvalue weighted by atomic mass is 10.1. The van der Waals surface area contributed by atoms with Crippen molar-refractivity contribution in [2.45, 2.75) is 19.1 Å². The van der Waals surface area contributed by atoms with Crippen LogP contribution in [0.15, 0.2) is 30.3 Å². The minimum atomic E-state index is -0.342. The van der Waals surface area contributed by atoms with Crippen molar-refractivity contribution in [2.24, 2.45) is 5.73 Å². The number of benzene rings is 1. The Balaban J connectivity index is 2.28. The van der Waals surface area contributed by atoms with Crippen molar-refractivity contribution in [1.29, 1.82) is 0 Å². The molecule has 82 valence electrons. The molecule has 1 aromatic carbocycles. The minimum absolute atomic E-state index is 0.342. The molecule has 1 aromatic rings. The standard InChI is InChI=1S/C11H16N2OS/c1-13-11(15)14-10(12)8-7-9-5-3-2-4-6-9/h2-6,10H,7-8,12H2,1H3,(H,13,15). The number of nitrogens with two attached hydrogens (primary N) is 1. The first kappa shape index (κ1) is 11.9. The summed E-state index contributed by atoms with van der Waals surface area (Å²) in [6.45, 7) is 0. The Morgan fingerprint density at radius 3 is 2.73 bits per heavy atom. The Morgan fingerprint density at radius 2 is 2.13 bits per heavy atom. The van der Waals surface area contributed by atoms with Crippen LogP contribution in [0.1, 0.15) is 12.0 Å². The molecule has 0 spiro atoms. The first-order valence-corrected chi connectivity index (χ1v) is 5.31. The van der Waals surface area contributed by atoms with Crippen molar-refractivity contribution in [2.75, 3.05) is 7.05 Å². The fraction of sp³-hybridized carbons (Fsp3) is 0.364. The normalized spacial score (nSPS) is 11.9. The number of nitrogens with one attached hydrogen (secondary N) is 1. The molecule has 0 fully saturated rings. The van der Waals surface area contributed by atoms with E-state index < -0.39 is 0 Å². The molecule has 3 nitrogen and oxygen atoms in total. The van der Waals surface area contributed by atoms with Gasteiger partial charge in [-0.15, -0.1) is 0 Å². The van der Waals surface area contributed by atoms with E-state index in [1.54, 1.807) is 7.05 Å². The molecule has 1 atom stereocenters. The van der Waals surface area contributed by atoms with E-state index in [1.165, 1.54) is 5.56 Å². The van der Waals surface area contributed by atoms with Crippen LogP contribution in [0.2, 0.25) is 0 Å². The van der Waals surface area contributed by atoms with E-state index >= 15 is 0 Å². The first-order valence-electron chi connectivity index (χ1n) is 4.90. The van der Waals surface area contributed by atoms with Crippen LogP contribution in [-0.4, -0.2) is 18.5 Å². The maximum atomic E-state index is 5.75. The average molecular weight is 224 g/mol. The third-order valence-corrected chi connectivity index (χ3v) is 2.32. The summed E-state index contributed by atoms with van der Waals surface area (Å²) in [7, 11) is 1.71. The number of thiocarbonyl (C=S) groups is 1. The Hall–Kier alpha value is -1.13. The van der Waals surface area contributed by atoms with Gasteiger partial charge in [-0.2, -0.15) is 0 Å². The van der Waals surface area contributed by atoms with Crippen LogP contribution in [0.3, 0.4) is 0 Å². The molecule has 4 heteroatoms. The summed E-state index contributed by atoms with van der Waals surface area (Å²) >= 11 is 4.85. The van der Waals surface area contributed by atoms with E-state index in [9.17, 15) is 0 Å². The van der Waals surface area contributed by atoms with Gasteiger partial charge in [-0.3, -0.25) is 5.73 Å². The van der Waals surface area contributed by atoms with Gasteiger partial charge in [0.1, 0.15) is 0 Å². The van der Waals surface area contributed by atoms with Gasteiger partial charge in [0, 0.05) is 13.5 Å². The summed E-state index contributed by atoms with van der Waals surface area (Å²) in [5.41, 5.74) is 7.00. The Kier molecular flexibility index (Phi) is 5.07. The zero-order chi connectivity index (χ0) is 11.1. The molecule has 0 saturated heterocycles. The number of rotatable bonds is 4. The number of hydrogen-bond acceptors (Lipinski definition) is 3. The molecule has 0 aromatic heterocycles. The van der Waals surface area contributed by atoms with Crippen molar-refractivity contribution in [3.05, 3.63) is 35.9 Å². The monoisotopic (exact) mass is 224 g/mol. The van der Waals surface area contributed by atoms with Crippen molar-refractivity contribution in [3.63, 3.8) is 0 Å². The Bertz CT molecular complexity index is 303. The van der Waals surface area contributed by atoms with E-state index in [1.807, 2.05) is 18.2 Å². The molecule has 0 bridgehead atoms. The molecular weight excluding hydrogens is 208 g/mol. The van der Waals surface area contributed by atoms with Crippen molar-refractivity contribution in [3.8, 4) is 0 Å². The van der Waals surface area contributed by atoms with Gasteiger partial charge in [0.2, 0.25) is 0 Å². The highest BCUT2D eigenvalue weighted by Crippen LogP contribution is 2.04. The third-order valence-electron chi connectivity index (χ3n) is 2.02. The summed E-state index contributed by atoms with van der Waals surface area (Å²) < 4.78 is 5.22. The smallest absolute Gasteiger partial charge is 0.257 e. The van der Waals surface area contributed by atoms with E-state index in [4.69, 9.17) is 22.7 Å². The molecule has 0 saturated carbocycles. The summed E-state index contributed by atoms with van der Waals surface area (Å²) in [5, 5.41) is 3.07. The van der Waals surface area contributed by atoms with Gasteiger partial charge < -0.3 is 10.1 Å². The summed E-state index contributed by atoms with van der Waals surface area (Å²) in [6.07, 6.45) is 1.31. The maximum absolute atomic E-state index is 5.75. The van der Waals surface area contributed by atoms with Crippen molar-refractivity contribution in [1.82, 2.24) is 5.32 Å². The lowest BCUT2D eigenvalue weighted by Gasteiger charge is -2.14. The molecule has 0 aliphatic rings. The molecule has 3 N–H and O–H groups in total. The fourth-order valence-electron chi connectivity index (χ4n) is 1.21. The summed E-state index contributed by atoms with van der Waals surface area (Å²) in [4.78, 5) is 0. The zero-order valence-electron chi connectivity index (χ0n) is 8.77. The second-order valence-corrected chi connectivity index (χ2v) is 3.59. The molecule has 0 amide bonds. The maximum Gasteiger partial charge on any atom is 0.257 e. The van der Waals surface area contributed by atoms with Crippen LogP contribution in [0.25, 0.3) is 0 Å². The zero-order valence-corrected chi connectivity index (χ0v) is 9.59. The third kappa shape index (κ3) is 4.76. The van der Waals surface area contributed by atoms with Gasteiger partial charge >= 0.3 is 0 Å². The van der Waals surface area contributed by atoms with Crippen LogP contribution >= 0.6 is 12.2 Å². The highest BCUT2D eigenvalue weighted by molar-refractivity contribution is 7.80. The van der Waals surface area contributed by atoms with Gasteiger partial charge in [0.05, 0.1) is 0 Å². The molecule has 15 heavy (non-hydrogen) atoms. The summed E-state index contributed by atoms with van der Waals surface area (Å²) in [5.74, 6) is 0. The fourth-order valence-corrected chi connectivity index (χ4v) is 1.33. The van der Waals surface area contributed by atoms with Crippen molar-refractivity contribution < 1.29 is 4.74 Å². The number of hydrogen-bond donors (Lipinski definition) is 2. The molecule has 1 unspecified atom stereocenters. The van der Waals surface area contributed by atoms with Crippen molar-refractivity contribution >= 4 is 17.4 Å². The predicted molar refractivity (Wildman–Crippen MR) is 65.5 cm³/mol. The van der Waals surface area contributed by atoms with E-state index in [2.05, 4.69) is 17.4 Å². The SMILES string of the molecule is CNC(=S)OC(N)CCc1ccccc1. The largest absolute Gasteiger partial charge is 0.452 e. The molecule has 0 aliphatic heterocycles. The van der Waals surface area contributed by atoms with Crippen LogP contribution in [-0.2, 0) is 11.2 Å². The van der Waals surface area contributed by atoms with Gasteiger partial charge in [-0.05, 0) is 24.2 Å². The Labute approximate surface area is 95.6 Å². The quantitative estimate of drug-likeness (QED) is 0.600. The predicted octanol–water partition coefficient (Wildman–Crippen LogP) is 1.42. The molecule has 1 rings (SSSR count). The van der Waals surface area contributed by atoms with E-state index in [-0.39, 0.29) is 6.23 Å². The van der Waals surface area contributed by atoms with Crippen LogP contribution in [0.5, 0.6) is 0 Å². The minimum Gasteiger partial charge on any atom is -0.452 e. The lowest BCUT2D eigenvalue weighted by Crippen LogP contribution is -2.32. The van der Waals surface area contributed by atoms with E-state index in [0.29, 0.717) is 5.17 Å². The first-order chi connectivity index (χ1) is 7.22. The van der Waals surface area contributed by atoms with Gasteiger partial charge in [-0.1, -0.05) is 30.3 Å². The molecular formula is C11H16N2OS. The second kappa shape index (κ2) is 6.37. The number of ether oxygens (including phenoxy) is 1.